The van der Waals surface area contributed by atoms with Crippen LogP contribution < -0.4 is 5.73 Å². The van der Waals surface area contributed by atoms with Gasteiger partial charge in [0, 0.05) is 62.2 Å². The van der Waals surface area contributed by atoms with Crippen molar-refractivity contribution in [2.45, 2.75) is 6.92 Å². The number of hydrogen-bond acceptors (Lipinski definition) is 5. The van der Waals surface area contributed by atoms with E-state index in [-0.39, 0.29) is 5.91 Å². The highest BCUT2D eigenvalue weighted by molar-refractivity contribution is 6.29. The Balaban J connectivity index is 1.68. The fraction of sp³-hybridized carbons (Fsp3) is 0.294. The Bertz CT molecular complexity index is 827. The summed E-state index contributed by atoms with van der Waals surface area (Å²) in [6.07, 6.45) is 4.98. The molecule has 1 aliphatic rings. The van der Waals surface area contributed by atoms with Gasteiger partial charge in [-0.2, -0.15) is 0 Å². The first kappa shape index (κ1) is 16.4. The van der Waals surface area contributed by atoms with Crippen LogP contribution in [0.15, 0.2) is 35.6 Å². The maximum Gasteiger partial charge on any atom is 0.219 e. The molecule has 0 saturated carbocycles. The van der Waals surface area contributed by atoms with Gasteiger partial charge in [-0.3, -0.25) is 14.8 Å². The second kappa shape index (κ2) is 6.97. The largest absolute Gasteiger partial charge is 0.404 e. The molecule has 2 aromatic heterocycles. The van der Waals surface area contributed by atoms with Gasteiger partial charge in [-0.15, -0.1) is 0 Å². The van der Waals surface area contributed by atoms with Crippen molar-refractivity contribution in [2.75, 3.05) is 19.6 Å². The lowest BCUT2D eigenvalue weighted by atomic mass is 10.0. The van der Waals surface area contributed by atoms with Crippen LogP contribution in [-0.4, -0.2) is 46.6 Å². The highest BCUT2D eigenvalue weighted by Gasteiger charge is 2.27. The molecule has 6 nitrogen and oxygen atoms in total. The topological polar surface area (TPSA) is 84.5 Å². The van der Waals surface area contributed by atoms with Crippen molar-refractivity contribution in [1.82, 2.24) is 14.9 Å². The number of nitrogens with zero attached hydrogens (tertiary/aromatic N) is 4. The Hall–Kier alpha value is -2.47. The summed E-state index contributed by atoms with van der Waals surface area (Å²) in [4.78, 5) is 26.0. The Morgan fingerprint density at radius 3 is 2.96 bits per heavy atom. The lowest BCUT2D eigenvalue weighted by Crippen LogP contribution is -2.50. The SMILES string of the molecule is CC(=O)N1CC(CN=CC(=CN)c2cnc3ccc(Cl)nc3c2)C1. The first-order chi connectivity index (χ1) is 11.6. The summed E-state index contributed by atoms with van der Waals surface area (Å²) >= 11 is 5.93. The molecule has 0 radical (unpaired) electrons. The van der Waals surface area contributed by atoms with Gasteiger partial charge in [0.15, 0.2) is 0 Å². The summed E-state index contributed by atoms with van der Waals surface area (Å²) in [5, 5.41) is 0.424. The number of rotatable bonds is 4. The lowest BCUT2D eigenvalue weighted by molar-refractivity contribution is -0.134. The summed E-state index contributed by atoms with van der Waals surface area (Å²) in [6, 6.07) is 5.42. The molecular weight excluding hydrogens is 326 g/mol. The second-order valence-electron chi connectivity index (χ2n) is 5.80. The molecule has 1 fully saturated rings. The van der Waals surface area contributed by atoms with Gasteiger partial charge in [-0.1, -0.05) is 11.6 Å². The number of halogens is 1. The molecule has 124 valence electrons. The lowest BCUT2D eigenvalue weighted by Gasteiger charge is -2.37. The highest BCUT2D eigenvalue weighted by Crippen LogP contribution is 2.19. The summed E-state index contributed by atoms with van der Waals surface area (Å²) in [5.41, 5.74) is 8.82. The molecule has 2 aromatic rings. The first-order valence-corrected chi connectivity index (χ1v) is 8.04. The van der Waals surface area contributed by atoms with Crippen molar-refractivity contribution >= 4 is 40.3 Å². The van der Waals surface area contributed by atoms with Gasteiger partial charge in [-0.05, 0) is 18.2 Å². The molecule has 1 saturated heterocycles. The Morgan fingerprint density at radius 2 is 2.25 bits per heavy atom. The van der Waals surface area contributed by atoms with Gasteiger partial charge in [0.2, 0.25) is 5.91 Å². The van der Waals surface area contributed by atoms with Crippen molar-refractivity contribution in [2.24, 2.45) is 16.6 Å². The molecule has 2 N–H and O–H groups in total. The van der Waals surface area contributed by atoms with E-state index < -0.39 is 0 Å². The van der Waals surface area contributed by atoms with Crippen LogP contribution >= 0.6 is 11.6 Å². The molecule has 3 rings (SSSR count). The van der Waals surface area contributed by atoms with Crippen molar-refractivity contribution < 1.29 is 4.79 Å². The van der Waals surface area contributed by atoms with Gasteiger partial charge >= 0.3 is 0 Å². The number of carbonyl (C=O) groups excluding carboxylic acids is 1. The highest BCUT2D eigenvalue weighted by atomic mass is 35.5. The van der Waals surface area contributed by atoms with Crippen LogP contribution in [-0.2, 0) is 4.79 Å². The molecule has 0 aliphatic carbocycles. The van der Waals surface area contributed by atoms with Crippen LogP contribution in [0, 0.1) is 5.92 Å². The van der Waals surface area contributed by atoms with Gasteiger partial charge in [0.1, 0.15) is 5.15 Å². The van der Waals surface area contributed by atoms with Crippen LogP contribution in [0.2, 0.25) is 5.15 Å². The minimum absolute atomic E-state index is 0.117. The number of aromatic nitrogens is 2. The maximum absolute atomic E-state index is 11.2. The predicted molar refractivity (Wildman–Crippen MR) is 95.8 cm³/mol. The number of pyridine rings is 2. The zero-order valence-corrected chi connectivity index (χ0v) is 14.1. The van der Waals surface area contributed by atoms with Crippen molar-refractivity contribution in [3.05, 3.63) is 41.3 Å². The van der Waals surface area contributed by atoms with Crippen molar-refractivity contribution in [1.29, 1.82) is 0 Å². The van der Waals surface area contributed by atoms with Crippen LogP contribution in [0.1, 0.15) is 12.5 Å². The number of likely N-dealkylation sites (tertiary alicyclic amines) is 1. The van der Waals surface area contributed by atoms with E-state index in [0.717, 1.165) is 29.7 Å². The van der Waals surface area contributed by atoms with E-state index in [1.165, 1.54) is 6.20 Å². The number of allylic oxidation sites excluding steroid dienone is 1. The first-order valence-electron chi connectivity index (χ1n) is 7.66. The van der Waals surface area contributed by atoms with Gasteiger partial charge in [-0.25, -0.2) is 4.98 Å². The molecular formula is C17H18ClN5O. The molecule has 3 heterocycles. The third-order valence-corrected chi connectivity index (χ3v) is 4.22. The third-order valence-electron chi connectivity index (χ3n) is 4.01. The monoisotopic (exact) mass is 343 g/mol. The van der Waals surface area contributed by atoms with Gasteiger partial charge in [0.25, 0.3) is 0 Å². The smallest absolute Gasteiger partial charge is 0.219 e. The summed E-state index contributed by atoms with van der Waals surface area (Å²) in [7, 11) is 0. The summed E-state index contributed by atoms with van der Waals surface area (Å²) in [6.45, 7) is 3.80. The van der Waals surface area contributed by atoms with E-state index in [1.807, 2.05) is 17.0 Å². The maximum atomic E-state index is 11.2. The zero-order chi connectivity index (χ0) is 17.1. The summed E-state index contributed by atoms with van der Waals surface area (Å²) < 4.78 is 0. The van der Waals surface area contributed by atoms with Gasteiger partial charge < -0.3 is 10.6 Å². The molecule has 0 unspecified atom stereocenters. The number of fused-ring (bicyclic) bond motifs is 1. The predicted octanol–water partition coefficient (Wildman–Crippen LogP) is 2.13. The Morgan fingerprint density at radius 1 is 1.46 bits per heavy atom. The molecule has 0 atom stereocenters. The van der Waals surface area contributed by atoms with E-state index >= 15 is 0 Å². The number of carbonyl (C=O) groups is 1. The van der Waals surface area contributed by atoms with Crippen LogP contribution in [0.3, 0.4) is 0 Å². The van der Waals surface area contributed by atoms with E-state index in [2.05, 4.69) is 15.0 Å². The fourth-order valence-electron chi connectivity index (χ4n) is 2.60. The molecule has 0 bridgehead atoms. The quantitative estimate of drug-likeness (QED) is 0.680. The molecule has 0 aromatic carbocycles. The fourth-order valence-corrected chi connectivity index (χ4v) is 2.75. The van der Waals surface area contributed by atoms with Crippen LogP contribution in [0.4, 0.5) is 0 Å². The Labute approximate surface area is 145 Å². The number of amides is 1. The minimum Gasteiger partial charge on any atom is -0.404 e. The standard InChI is InChI=1S/C17H18ClN5O/c1-11(24)23-9-12(10-23)6-20-7-14(5-19)13-4-16-15(21-8-13)2-3-17(18)22-16/h2-5,7-8,12H,6,9-10,19H2,1H3. The molecule has 1 aliphatic heterocycles. The van der Waals surface area contributed by atoms with Crippen LogP contribution in [0.5, 0.6) is 0 Å². The average molecular weight is 344 g/mol. The van der Waals surface area contributed by atoms with E-state index in [0.29, 0.717) is 23.1 Å². The normalized spacial score (nSPS) is 15.9. The number of aliphatic imine (C=N–C) groups is 1. The number of nitrogens with two attached hydrogens (primary N) is 1. The number of hydrogen-bond donors (Lipinski definition) is 1. The van der Waals surface area contributed by atoms with E-state index in [1.54, 1.807) is 25.4 Å². The Kier molecular flexibility index (Phi) is 4.76. The second-order valence-corrected chi connectivity index (χ2v) is 6.19. The molecule has 0 spiro atoms. The van der Waals surface area contributed by atoms with E-state index in [9.17, 15) is 4.79 Å². The van der Waals surface area contributed by atoms with Gasteiger partial charge in [0.05, 0.1) is 11.0 Å². The molecule has 7 heteroatoms. The third kappa shape index (κ3) is 3.54. The van der Waals surface area contributed by atoms with Crippen molar-refractivity contribution in [3.63, 3.8) is 0 Å². The summed E-state index contributed by atoms with van der Waals surface area (Å²) in [5.74, 6) is 0.533. The zero-order valence-electron chi connectivity index (χ0n) is 13.3. The minimum atomic E-state index is 0.117. The van der Waals surface area contributed by atoms with E-state index in [4.69, 9.17) is 17.3 Å². The molecule has 24 heavy (non-hydrogen) atoms. The van der Waals surface area contributed by atoms with Crippen molar-refractivity contribution in [3.8, 4) is 0 Å². The molecule has 1 amide bonds. The van der Waals surface area contributed by atoms with Crippen LogP contribution in [0.25, 0.3) is 16.6 Å². The average Bonchev–Trinajstić information content (AvgIpc) is 2.52.